The second-order valence-corrected chi connectivity index (χ2v) is 6.53. The summed E-state index contributed by atoms with van der Waals surface area (Å²) in [7, 11) is 0. The van der Waals surface area contributed by atoms with Gasteiger partial charge in [-0.15, -0.1) is 0 Å². The molecule has 6 N–H and O–H groups in total. The third kappa shape index (κ3) is 2.29. The van der Waals surface area contributed by atoms with Crippen LogP contribution in [0.4, 0.5) is 28.6 Å². The number of pyridine rings is 1. The molecule has 0 saturated carbocycles. The van der Waals surface area contributed by atoms with E-state index in [1.54, 1.807) is 0 Å². The van der Waals surface area contributed by atoms with Crippen LogP contribution < -0.4 is 17.2 Å². The van der Waals surface area contributed by atoms with Crippen LogP contribution in [0.3, 0.4) is 0 Å². The summed E-state index contributed by atoms with van der Waals surface area (Å²) in [4.78, 5) is 4.27. The predicted molar refractivity (Wildman–Crippen MR) is 87.3 cm³/mol. The minimum absolute atomic E-state index is 0.185. The Bertz CT molecular complexity index is 922. The van der Waals surface area contributed by atoms with Crippen LogP contribution in [0.5, 0.6) is 0 Å². The Labute approximate surface area is 131 Å². The molecule has 0 unspecified atom stereocenters. The number of nitriles is 1. The Hall–Kier alpha value is -2.88. The van der Waals surface area contributed by atoms with Crippen LogP contribution in [0.15, 0.2) is 40.6 Å². The molecule has 0 amide bonds. The number of azo groups is 1. The van der Waals surface area contributed by atoms with E-state index in [0.717, 1.165) is 0 Å². The average Bonchev–Trinajstić information content (AvgIpc) is 2.84. The summed E-state index contributed by atoms with van der Waals surface area (Å²) in [6.45, 7) is 0. The number of hydrogen-bond donors (Lipinski definition) is 3. The number of anilines is 3. The van der Waals surface area contributed by atoms with Crippen molar-refractivity contribution in [2.45, 2.75) is 0 Å². The fraction of sp³-hybridized carbons (Fsp3) is 0. The number of rotatable bonds is 2. The van der Waals surface area contributed by atoms with E-state index in [1.165, 1.54) is 0 Å². The molecule has 0 aliphatic carbocycles. The second kappa shape index (κ2) is 5.48. The van der Waals surface area contributed by atoms with Crippen molar-refractivity contribution in [3.8, 4) is 6.07 Å². The molecule has 0 radical (unpaired) electrons. The van der Waals surface area contributed by atoms with E-state index < -0.39 is 0 Å². The van der Waals surface area contributed by atoms with Gasteiger partial charge in [-0.25, -0.2) is 0 Å². The Kier molecular flexibility index (Phi) is 3.51. The third-order valence-corrected chi connectivity index (χ3v) is 5.15. The van der Waals surface area contributed by atoms with Crippen molar-refractivity contribution in [2.75, 3.05) is 17.2 Å². The first-order chi connectivity index (χ1) is 10.6. The number of fused-ring (bicyclic) bond motifs is 1. The number of nitrogens with two attached hydrogens (primary N) is 3. The van der Waals surface area contributed by atoms with Crippen molar-refractivity contribution < 1.29 is 0 Å². The van der Waals surface area contributed by atoms with Crippen LogP contribution in [0.1, 0.15) is 4.44 Å². The quantitative estimate of drug-likeness (QED) is 0.477. The molecule has 0 spiro atoms. The summed E-state index contributed by atoms with van der Waals surface area (Å²) in [6, 6.07) is 11.3. The Morgan fingerprint density at radius 1 is 1.05 bits per heavy atom. The molecule has 0 aliphatic heterocycles. The van der Waals surface area contributed by atoms with Gasteiger partial charge in [-0.1, -0.05) is 0 Å². The molecular weight excluding hydrogens is 345 g/mol. The Balaban J connectivity index is 2.16. The van der Waals surface area contributed by atoms with Crippen LogP contribution in [0.2, 0.25) is 0 Å². The van der Waals surface area contributed by atoms with Crippen molar-refractivity contribution in [2.24, 2.45) is 10.2 Å². The standard InChI is InChI=1S/C14H11N7Se/c15-6-8-10(16)9-11(17)12(13(18)19-14(9)22-8)21-20-7-4-2-1-3-5-7/h1-5H,16H2,(H4,17,18,19). The van der Waals surface area contributed by atoms with E-state index in [-0.39, 0.29) is 26.0 Å². The van der Waals surface area contributed by atoms with Crippen molar-refractivity contribution in [3.63, 3.8) is 0 Å². The van der Waals surface area contributed by atoms with Crippen LogP contribution in [-0.2, 0) is 0 Å². The van der Waals surface area contributed by atoms with Gasteiger partial charge in [0.05, 0.1) is 0 Å². The van der Waals surface area contributed by atoms with Crippen LogP contribution in [0, 0.1) is 11.3 Å². The molecule has 2 aromatic heterocycles. The molecule has 7 nitrogen and oxygen atoms in total. The summed E-state index contributed by atoms with van der Waals surface area (Å²) in [5.41, 5.74) is 19.6. The van der Waals surface area contributed by atoms with Gasteiger partial charge < -0.3 is 0 Å². The van der Waals surface area contributed by atoms with E-state index in [4.69, 9.17) is 22.5 Å². The van der Waals surface area contributed by atoms with Gasteiger partial charge in [-0.2, -0.15) is 0 Å². The maximum atomic E-state index is 9.08. The first kappa shape index (κ1) is 14.1. The molecule has 2 heterocycles. The van der Waals surface area contributed by atoms with Gasteiger partial charge >= 0.3 is 131 Å². The fourth-order valence-corrected chi connectivity index (χ4v) is 3.90. The van der Waals surface area contributed by atoms with Gasteiger partial charge in [-0.3, -0.25) is 0 Å². The molecule has 3 aromatic rings. The first-order valence-corrected chi connectivity index (χ1v) is 7.97. The zero-order chi connectivity index (χ0) is 15.7. The predicted octanol–water partition coefficient (Wildman–Crippen LogP) is 2.33. The summed E-state index contributed by atoms with van der Waals surface area (Å²) < 4.78 is 1.16. The summed E-state index contributed by atoms with van der Waals surface area (Å²) in [5.74, 6) is 0.185. The normalized spacial score (nSPS) is 11.0. The zero-order valence-electron chi connectivity index (χ0n) is 11.3. The zero-order valence-corrected chi connectivity index (χ0v) is 13.0. The number of aromatic nitrogens is 1. The molecule has 1 aromatic carbocycles. The number of hydrogen-bond acceptors (Lipinski definition) is 7. The molecule has 0 atom stereocenters. The Morgan fingerprint density at radius 3 is 2.45 bits per heavy atom. The summed E-state index contributed by atoms with van der Waals surface area (Å²) in [6.07, 6.45) is 0. The average molecular weight is 356 g/mol. The molecule has 3 rings (SSSR count). The summed E-state index contributed by atoms with van der Waals surface area (Å²) >= 11 is -0.272. The van der Waals surface area contributed by atoms with Crippen molar-refractivity contribution in [3.05, 3.63) is 34.8 Å². The van der Waals surface area contributed by atoms with E-state index >= 15 is 0 Å². The second-order valence-electron chi connectivity index (χ2n) is 4.43. The minimum atomic E-state index is -0.272. The molecule has 22 heavy (non-hydrogen) atoms. The van der Waals surface area contributed by atoms with Gasteiger partial charge in [0.25, 0.3) is 0 Å². The molecule has 0 aliphatic rings. The number of benzene rings is 1. The molecule has 108 valence electrons. The number of nitrogen functional groups attached to an aromatic ring is 3. The molecule has 0 saturated heterocycles. The maximum absolute atomic E-state index is 9.08. The van der Waals surface area contributed by atoms with Crippen LogP contribution in [-0.4, -0.2) is 19.5 Å². The van der Waals surface area contributed by atoms with E-state index in [1.807, 2.05) is 30.3 Å². The Morgan fingerprint density at radius 2 is 1.77 bits per heavy atom. The van der Waals surface area contributed by atoms with Crippen molar-refractivity contribution in [1.82, 2.24) is 4.98 Å². The van der Waals surface area contributed by atoms with Gasteiger partial charge in [-0.05, 0) is 0 Å². The van der Waals surface area contributed by atoms with Gasteiger partial charge in [0, 0.05) is 0 Å². The fourth-order valence-electron chi connectivity index (χ4n) is 1.98. The first-order valence-electron chi connectivity index (χ1n) is 6.25. The monoisotopic (exact) mass is 357 g/mol. The van der Waals surface area contributed by atoms with Gasteiger partial charge in [0.2, 0.25) is 0 Å². The summed E-state index contributed by atoms with van der Waals surface area (Å²) in [5, 5.41) is 17.8. The van der Waals surface area contributed by atoms with E-state index in [9.17, 15) is 0 Å². The molecular formula is C14H11N7Se. The number of nitrogens with zero attached hydrogens (tertiary/aromatic N) is 4. The van der Waals surface area contributed by atoms with E-state index in [2.05, 4.69) is 21.3 Å². The van der Waals surface area contributed by atoms with Crippen LogP contribution >= 0.6 is 0 Å². The van der Waals surface area contributed by atoms with Crippen LogP contribution in [0.25, 0.3) is 9.78 Å². The van der Waals surface area contributed by atoms with Crippen molar-refractivity contribution in [1.29, 1.82) is 5.26 Å². The molecule has 0 fully saturated rings. The van der Waals surface area contributed by atoms with Gasteiger partial charge in [0.15, 0.2) is 0 Å². The third-order valence-electron chi connectivity index (χ3n) is 3.04. The topological polar surface area (TPSA) is 139 Å². The van der Waals surface area contributed by atoms with E-state index in [0.29, 0.717) is 31.3 Å². The molecule has 0 bridgehead atoms. The molecule has 8 heteroatoms. The van der Waals surface area contributed by atoms with Gasteiger partial charge in [0.1, 0.15) is 0 Å². The SMILES string of the molecule is N#Cc1[se]c2nc(N)c(N=Nc3ccccc3)c(N)c2c1N. The van der Waals surface area contributed by atoms with Crippen molar-refractivity contribution >= 4 is 52.8 Å².